The van der Waals surface area contributed by atoms with Crippen molar-refractivity contribution in [2.45, 2.75) is 25.7 Å². The SMILES string of the molecule is COc1ccc(CCc2cc(OC)c(OC)cc2-c2cc(OC)c(OC)cc2CCc2ccc(OC)cc2)cc1. The molecule has 0 atom stereocenters. The first-order valence-corrected chi connectivity index (χ1v) is 13.3. The maximum atomic E-state index is 5.73. The lowest BCUT2D eigenvalue weighted by molar-refractivity contribution is 0.354. The molecule has 0 bridgehead atoms. The number of hydrogen-bond acceptors (Lipinski definition) is 6. The zero-order valence-corrected chi connectivity index (χ0v) is 24.2. The summed E-state index contributed by atoms with van der Waals surface area (Å²) in [5.41, 5.74) is 6.94. The summed E-state index contributed by atoms with van der Waals surface area (Å²) in [6.07, 6.45) is 3.35. The molecular weight excluding hydrogens is 504 g/mol. The first kappa shape index (κ1) is 28.7. The van der Waals surface area contributed by atoms with Crippen LogP contribution in [0, 0.1) is 0 Å². The molecule has 40 heavy (non-hydrogen) atoms. The molecule has 0 radical (unpaired) electrons. The van der Waals surface area contributed by atoms with E-state index in [1.807, 2.05) is 24.3 Å². The fraction of sp³-hybridized carbons (Fsp3) is 0.294. The third-order valence-electron chi connectivity index (χ3n) is 7.19. The molecule has 0 N–H and O–H groups in total. The van der Waals surface area contributed by atoms with Crippen LogP contribution in [0.2, 0.25) is 0 Å². The van der Waals surface area contributed by atoms with Crippen molar-refractivity contribution in [1.82, 2.24) is 0 Å². The molecule has 0 aliphatic heterocycles. The van der Waals surface area contributed by atoms with E-state index in [0.29, 0.717) is 23.0 Å². The molecule has 6 nitrogen and oxygen atoms in total. The summed E-state index contributed by atoms with van der Waals surface area (Å²) in [5, 5.41) is 0. The molecule has 0 heterocycles. The van der Waals surface area contributed by atoms with E-state index in [4.69, 9.17) is 28.4 Å². The Hall–Kier alpha value is -4.32. The summed E-state index contributed by atoms with van der Waals surface area (Å²) in [7, 11) is 10.0. The van der Waals surface area contributed by atoms with Gasteiger partial charge >= 0.3 is 0 Å². The van der Waals surface area contributed by atoms with Crippen molar-refractivity contribution < 1.29 is 28.4 Å². The van der Waals surface area contributed by atoms with Crippen LogP contribution in [0.3, 0.4) is 0 Å². The zero-order chi connectivity index (χ0) is 28.5. The molecule has 0 saturated carbocycles. The lowest BCUT2D eigenvalue weighted by atomic mass is 9.89. The Kier molecular flexibility index (Phi) is 9.79. The number of aryl methyl sites for hydroxylation is 4. The Bertz CT molecular complexity index is 1280. The van der Waals surface area contributed by atoms with Crippen LogP contribution in [0.4, 0.5) is 0 Å². The van der Waals surface area contributed by atoms with Crippen LogP contribution in [0.5, 0.6) is 34.5 Å². The third-order valence-corrected chi connectivity index (χ3v) is 7.19. The van der Waals surface area contributed by atoms with Crippen molar-refractivity contribution in [2.75, 3.05) is 42.7 Å². The van der Waals surface area contributed by atoms with Crippen LogP contribution in [0.15, 0.2) is 72.8 Å². The van der Waals surface area contributed by atoms with E-state index in [1.165, 1.54) is 11.1 Å². The molecular formula is C34H38O6. The van der Waals surface area contributed by atoms with Gasteiger partial charge in [0.15, 0.2) is 23.0 Å². The molecule has 4 aromatic carbocycles. The smallest absolute Gasteiger partial charge is 0.161 e. The van der Waals surface area contributed by atoms with Gasteiger partial charge in [-0.25, -0.2) is 0 Å². The topological polar surface area (TPSA) is 55.4 Å². The fourth-order valence-electron chi connectivity index (χ4n) is 4.90. The standard InChI is InChI=1S/C34H38O6/c1-35-27-15-9-23(10-16-27)7-13-25-19-31(37-3)33(39-5)21-29(25)30-22-34(40-6)32(38-4)20-26(30)14-8-24-11-17-28(36-2)18-12-24/h9-12,15-22H,7-8,13-14H2,1-6H3. The number of hydrogen-bond donors (Lipinski definition) is 0. The van der Waals surface area contributed by atoms with Gasteiger partial charge in [-0.15, -0.1) is 0 Å². The van der Waals surface area contributed by atoms with Gasteiger partial charge in [0.1, 0.15) is 11.5 Å². The summed E-state index contributed by atoms with van der Waals surface area (Å²) in [6.45, 7) is 0. The van der Waals surface area contributed by atoms with Crippen molar-refractivity contribution >= 4 is 0 Å². The van der Waals surface area contributed by atoms with Crippen molar-refractivity contribution in [2.24, 2.45) is 0 Å². The monoisotopic (exact) mass is 542 g/mol. The van der Waals surface area contributed by atoms with Crippen molar-refractivity contribution in [3.8, 4) is 45.6 Å². The fourth-order valence-corrected chi connectivity index (χ4v) is 4.90. The molecule has 0 aliphatic rings. The van der Waals surface area contributed by atoms with E-state index in [0.717, 1.165) is 59.4 Å². The van der Waals surface area contributed by atoms with Crippen LogP contribution in [-0.2, 0) is 25.7 Å². The van der Waals surface area contributed by atoms with Gasteiger partial charge in [0.25, 0.3) is 0 Å². The lowest BCUT2D eigenvalue weighted by Crippen LogP contribution is -2.03. The second kappa shape index (κ2) is 13.7. The van der Waals surface area contributed by atoms with Gasteiger partial charge in [-0.05, 0) is 108 Å². The Labute approximate surface area is 237 Å². The van der Waals surface area contributed by atoms with Crippen LogP contribution >= 0.6 is 0 Å². The third kappa shape index (κ3) is 6.63. The maximum absolute atomic E-state index is 5.73. The second-order valence-electron chi connectivity index (χ2n) is 9.42. The first-order valence-electron chi connectivity index (χ1n) is 13.3. The van der Waals surface area contributed by atoms with E-state index in [2.05, 4.69) is 48.5 Å². The van der Waals surface area contributed by atoms with Crippen LogP contribution in [0.1, 0.15) is 22.3 Å². The molecule has 0 spiro atoms. The molecule has 0 aliphatic carbocycles. The zero-order valence-electron chi connectivity index (χ0n) is 24.2. The Morgan fingerprint density at radius 3 is 1.00 bits per heavy atom. The first-order chi connectivity index (χ1) is 19.5. The minimum atomic E-state index is 0.682. The molecule has 0 unspecified atom stereocenters. The highest BCUT2D eigenvalue weighted by atomic mass is 16.5. The molecule has 0 fully saturated rings. The normalized spacial score (nSPS) is 10.7. The summed E-state index contributed by atoms with van der Waals surface area (Å²) in [4.78, 5) is 0. The Morgan fingerprint density at radius 1 is 0.375 bits per heavy atom. The van der Waals surface area contributed by atoms with E-state index < -0.39 is 0 Å². The lowest BCUT2D eigenvalue weighted by Gasteiger charge is -2.20. The second-order valence-corrected chi connectivity index (χ2v) is 9.42. The Balaban J connectivity index is 1.77. The van der Waals surface area contributed by atoms with E-state index in [1.54, 1.807) is 42.7 Å². The van der Waals surface area contributed by atoms with Crippen molar-refractivity contribution in [3.05, 3.63) is 95.1 Å². The predicted octanol–water partition coefficient (Wildman–Crippen LogP) is 6.98. The average molecular weight is 543 g/mol. The van der Waals surface area contributed by atoms with Crippen LogP contribution in [0.25, 0.3) is 11.1 Å². The van der Waals surface area contributed by atoms with Gasteiger partial charge < -0.3 is 28.4 Å². The molecule has 210 valence electrons. The highest BCUT2D eigenvalue weighted by molar-refractivity contribution is 5.77. The average Bonchev–Trinajstić information content (AvgIpc) is 3.02. The molecule has 0 aromatic heterocycles. The van der Waals surface area contributed by atoms with E-state index in [9.17, 15) is 0 Å². The van der Waals surface area contributed by atoms with Gasteiger partial charge in [0.05, 0.1) is 42.7 Å². The van der Waals surface area contributed by atoms with Gasteiger partial charge in [-0.1, -0.05) is 24.3 Å². The van der Waals surface area contributed by atoms with E-state index >= 15 is 0 Å². The summed E-state index contributed by atoms with van der Waals surface area (Å²) in [5.74, 6) is 4.47. The number of methoxy groups -OCH3 is 6. The molecule has 0 saturated heterocycles. The van der Waals surface area contributed by atoms with Crippen molar-refractivity contribution in [3.63, 3.8) is 0 Å². The minimum Gasteiger partial charge on any atom is -0.497 e. The summed E-state index contributed by atoms with van der Waals surface area (Å²) in [6, 6.07) is 24.7. The predicted molar refractivity (Wildman–Crippen MR) is 159 cm³/mol. The van der Waals surface area contributed by atoms with Gasteiger partial charge in [-0.2, -0.15) is 0 Å². The largest absolute Gasteiger partial charge is 0.497 e. The summed E-state index contributed by atoms with van der Waals surface area (Å²) >= 11 is 0. The van der Waals surface area contributed by atoms with Gasteiger partial charge in [0.2, 0.25) is 0 Å². The Morgan fingerprint density at radius 2 is 0.700 bits per heavy atom. The minimum absolute atomic E-state index is 0.682. The number of rotatable bonds is 13. The molecule has 4 aromatic rings. The number of ether oxygens (including phenoxy) is 6. The molecule has 4 rings (SSSR count). The summed E-state index contributed by atoms with van der Waals surface area (Å²) < 4.78 is 33.5. The van der Waals surface area contributed by atoms with Crippen molar-refractivity contribution in [1.29, 1.82) is 0 Å². The van der Waals surface area contributed by atoms with Crippen LogP contribution in [-0.4, -0.2) is 42.7 Å². The highest BCUT2D eigenvalue weighted by Gasteiger charge is 2.19. The maximum Gasteiger partial charge on any atom is 0.161 e. The highest BCUT2D eigenvalue weighted by Crippen LogP contribution is 2.42. The quantitative estimate of drug-likeness (QED) is 0.182. The van der Waals surface area contributed by atoms with Gasteiger partial charge in [0, 0.05) is 0 Å². The van der Waals surface area contributed by atoms with E-state index in [-0.39, 0.29) is 0 Å². The molecule has 0 amide bonds. The van der Waals surface area contributed by atoms with Gasteiger partial charge in [-0.3, -0.25) is 0 Å². The van der Waals surface area contributed by atoms with Crippen LogP contribution < -0.4 is 28.4 Å². The molecule has 6 heteroatoms. The number of benzene rings is 4.